The van der Waals surface area contributed by atoms with E-state index in [0.717, 1.165) is 16.6 Å². The first-order chi connectivity index (χ1) is 7.46. The van der Waals surface area contributed by atoms with Gasteiger partial charge in [-0.15, -0.1) is 0 Å². The lowest BCUT2D eigenvalue weighted by Gasteiger charge is -2.05. The van der Waals surface area contributed by atoms with E-state index in [0.29, 0.717) is 5.56 Å². The Labute approximate surface area is 98.5 Å². The average molecular weight is 256 g/mol. The molecule has 0 atom stereocenters. The van der Waals surface area contributed by atoms with Crippen molar-refractivity contribution in [2.45, 2.75) is 12.7 Å². The minimum Gasteiger partial charge on any atom is -0.253 e. The normalized spacial score (nSPS) is 11.9. The Balaban J connectivity index is 2.68. The second-order valence-electron chi connectivity index (χ2n) is 3.62. The molecule has 2 rings (SSSR count). The van der Waals surface area contributed by atoms with Gasteiger partial charge in [0.15, 0.2) is 0 Å². The van der Waals surface area contributed by atoms with Crippen molar-refractivity contribution in [3.05, 3.63) is 41.6 Å². The highest BCUT2D eigenvalue weighted by Gasteiger charge is 2.11. The van der Waals surface area contributed by atoms with Gasteiger partial charge in [-0.1, -0.05) is 18.2 Å². The summed E-state index contributed by atoms with van der Waals surface area (Å²) in [5, 5.41) is 0.831. The number of para-hydroxylation sites is 1. The highest BCUT2D eigenvalue weighted by Crippen LogP contribution is 2.21. The third-order valence-corrected chi connectivity index (χ3v) is 3.24. The average Bonchev–Trinajstić information content (AvgIpc) is 2.14. The number of nitrogens with zero attached hydrogens (tertiary/aromatic N) is 1. The number of fused-ring (bicyclic) bond motifs is 1. The van der Waals surface area contributed by atoms with Crippen molar-refractivity contribution in [1.82, 2.24) is 4.98 Å². The minimum absolute atomic E-state index is 0.168. The van der Waals surface area contributed by atoms with Gasteiger partial charge in [-0.2, -0.15) is 0 Å². The second kappa shape index (κ2) is 4.03. The van der Waals surface area contributed by atoms with Gasteiger partial charge in [-0.05, 0) is 24.6 Å². The topological polar surface area (TPSA) is 47.0 Å². The van der Waals surface area contributed by atoms with Gasteiger partial charge >= 0.3 is 0 Å². The summed E-state index contributed by atoms with van der Waals surface area (Å²) in [6, 6.07) is 9.17. The molecule has 1 aromatic heterocycles. The van der Waals surface area contributed by atoms with Gasteiger partial charge in [-0.25, -0.2) is 8.42 Å². The van der Waals surface area contributed by atoms with Crippen molar-refractivity contribution in [2.24, 2.45) is 0 Å². The molecule has 0 radical (unpaired) electrons. The molecule has 3 nitrogen and oxygen atoms in total. The molecule has 1 aromatic carbocycles. The summed E-state index contributed by atoms with van der Waals surface area (Å²) in [7, 11) is 1.73. The van der Waals surface area contributed by atoms with Crippen molar-refractivity contribution in [3.8, 4) is 0 Å². The predicted octanol–water partition coefficient (Wildman–Crippen LogP) is 2.61. The van der Waals surface area contributed by atoms with Gasteiger partial charge in [0.25, 0.3) is 0 Å². The molecule has 0 amide bonds. The monoisotopic (exact) mass is 255 g/mol. The highest BCUT2D eigenvalue weighted by molar-refractivity contribution is 8.13. The molecule has 84 valence electrons. The molecule has 0 spiro atoms. The molecule has 5 heteroatoms. The summed E-state index contributed by atoms with van der Waals surface area (Å²) in [6.45, 7) is 1.83. The summed E-state index contributed by atoms with van der Waals surface area (Å²) in [6.07, 6.45) is 0. The summed E-state index contributed by atoms with van der Waals surface area (Å²) >= 11 is 0. The molecular formula is C11H10ClNO2S. The van der Waals surface area contributed by atoms with Crippen LogP contribution in [0.3, 0.4) is 0 Å². The first kappa shape index (κ1) is 11.4. The molecule has 0 bridgehead atoms. The minimum atomic E-state index is -3.54. The Kier molecular flexibility index (Phi) is 2.86. The number of halogens is 1. The quantitative estimate of drug-likeness (QED) is 0.775. The molecule has 2 aromatic rings. The zero-order valence-corrected chi connectivity index (χ0v) is 10.2. The molecule has 0 aliphatic rings. The van der Waals surface area contributed by atoms with E-state index in [4.69, 9.17) is 10.7 Å². The van der Waals surface area contributed by atoms with E-state index >= 15 is 0 Å². The van der Waals surface area contributed by atoms with Crippen LogP contribution < -0.4 is 0 Å². The molecule has 0 fully saturated rings. The van der Waals surface area contributed by atoms with E-state index in [1.165, 1.54) is 0 Å². The zero-order valence-electron chi connectivity index (χ0n) is 8.64. The van der Waals surface area contributed by atoms with E-state index in [2.05, 4.69) is 4.98 Å². The number of aryl methyl sites for hydroxylation is 1. The van der Waals surface area contributed by atoms with Gasteiger partial charge < -0.3 is 0 Å². The van der Waals surface area contributed by atoms with Crippen molar-refractivity contribution in [1.29, 1.82) is 0 Å². The van der Waals surface area contributed by atoms with Crippen LogP contribution >= 0.6 is 10.7 Å². The molecule has 0 saturated carbocycles. The van der Waals surface area contributed by atoms with Crippen LogP contribution in [0.5, 0.6) is 0 Å². The first-order valence-electron chi connectivity index (χ1n) is 4.73. The fraction of sp³-hybridized carbons (Fsp3) is 0.182. The number of hydrogen-bond acceptors (Lipinski definition) is 3. The molecule has 0 aliphatic heterocycles. The Morgan fingerprint density at radius 2 is 2.00 bits per heavy atom. The molecular weight excluding hydrogens is 246 g/mol. The summed E-state index contributed by atoms with van der Waals surface area (Å²) in [4.78, 5) is 4.33. The van der Waals surface area contributed by atoms with E-state index in [9.17, 15) is 8.42 Å². The van der Waals surface area contributed by atoms with Crippen LogP contribution in [0, 0.1) is 6.92 Å². The maximum Gasteiger partial charge on any atom is 0.236 e. The number of pyridine rings is 1. The fourth-order valence-electron chi connectivity index (χ4n) is 1.70. The van der Waals surface area contributed by atoms with Crippen LogP contribution in [0.25, 0.3) is 10.9 Å². The summed E-state index contributed by atoms with van der Waals surface area (Å²) < 4.78 is 22.2. The molecule has 16 heavy (non-hydrogen) atoms. The van der Waals surface area contributed by atoms with Gasteiger partial charge in [0.2, 0.25) is 9.05 Å². The standard InChI is InChI=1S/C11H10ClNO2S/c1-8-6-9(7-16(12,14)15)10-4-2-3-5-11(10)13-8/h2-6H,7H2,1H3. The number of hydrogen-bond donors (Lipinski definition) is 0. The maximum absolute atomic E-state index is 11.1. The zero-order chi connectivity index (χ0) is 11.8. The largest absolute Gasteiger partial charge is 0.253 e. The van der Waals surface area contributed by atoms with Gasteiger partial charge in [0.05, 0.1) is 11.3 Å². The Hall–Kier alpha value is -1.13. The molecule has 1 heterocycles. The smallest absolute Gasteiger partial charge is 0.236 e. The number of rotatable bonds is 2. The van der Waals surface area contributed by atoms with Gasteiger partial charge in [-0.3, -0.25) is 4.98 Å². The lowest BCUT2D eigenvalue weighted by Crippen LogP contribution is -1.98. The number of benzene rings is 1. The van der Waals surface area contributed by atoms with Crippen molar-refractivity contribution < 1.29 is 8.42 Å². The summed E-state index contributed by atoms with van der Waals surface area (Å²) in [5.74, 6) is -0.168. The Morgan fingerprint density at radius 3 is 2.69 bits per heavy atom. The van der Waals surface area contributed by atoms with E-state index in [1.54, 1.807) is 6.07 Å². The predicted molar refractivity (Wildman–Crippen MR) is 65.0 cm³/mol. The van der Waals surface area contributed by atoms with Crippen molar-refractivity contribution >= 4 is 30.6 Å². The lowest BCUT2D eigenvalue weighted by atomic mass is 10.1. The van der Waals surface area contributed by atoms with Crippen LogP contribution in [0.1, 0.15) is 11.3 Å². The summed E-state index contributed by atoms with van der Waals surface area (Å²) in [5.41, 5.74) is 2.27. The van der Waals surface area contributed by atoms with Crippen molar-refractivity contribution in [2.75, 3.05) is 0 Å². The van der Waals surface area contributed by atoms with Crippen molar-refractivity contribution in [3.63, 3.8) is 0 Å². The van der Waals surface area contributed by atoms with E-state index < -0.39 is 9.05 Å². The highest BCUT2D eigenvalue weighted by atomic mass is 35.7. The fourth-order valence-corrected chi connectivity index (χ4v) is 2.66. The Morgan fingerprint density at radius 1 is 1.31 bits per heavy atom. The first-order valence-corrected chi connectivity index (χ1v) is 7.21. The molecule has 0 aliphatic carbocycles. The number of aromatic nitrogens is 1. The van der Waals surface area contributed by atoms with Crippen LogP contribution in [-0.2, 0) is 14.8 Å². The van der Waals surface area contributed by atoms with Crippen LogP contribution in [0.15, 0.2) is 30.3 Å². The third-order valence-electron chi connectivity index (χ3n) is 2.26. The molecule has 0 N–H and O–H groups in total. The SMILES string of the molecule is Cc1cc(CS(=O)(=O)Cl)c2ccccc2n1. The van der Waals surface area contributed by atoms with Crippen LogP contribution in [0.2, 0.25) is 0 Å². The third kappa shape index (κ3) is 2.51. The molecule has 0 unspecified atom stereocenters. The maximum atomic E-state index is 11.1. The van der Waals surface area contributed by atoms with Crippen LogP contribution in [0.4, 0.5) is 0 Å². The van der Waals surface area contributed by atoms with Crippen LogP contribution in [-0.4, -0.2) is 13.4 Å². The van der Waals surface area contributed by atoms with Gasteiger partial charge in [0, 0.05) is 21.8 Å². The van der Waals surface area contributed by atoms with E-state index in [-0.39, 0.29) is 5.75 Å². The second-order valence-corrected chi connectivity index (χ2v) is 6.40. The van der Waals surface area contributed by atoms with E-state index in [1.807, 2.05) is 31.2 Å². The van der Waals surface area contributed by atoms with Gasteiger partial charge in [0.1, 0.15) is 0 Å². The molecule has 0 saturated heterocycles. The lowest BCUT2D eigenvalue weighted by molar-refractivity contribution is 0.609. The Bertz CT molecular complexity index is 637.